The van der Waals surface area contributed by atoms with E-state index < -0.39 is 18.1 Å². The third-order valence-corrected chi connectivity index (χ3v) is 4.03. The lowest BCUT2D eigenvalue weighted by atomic mass is 9.96. The summed E-state index contributed by atoms with van der Waals surface area (Å²) in [5, 5.41) is 10.5. The fourth-order valence-corrected chi connectivity index (χ4v) is 2.82. The number of carbonyl (C=O) groups is 1. The van der Waals surface area contributed by atoms with Gasteiger partial charge in [0.15, 0.2) is 0 Å². The number of carboxylic acid groups (broad SMARTS) is 1. The molecule has 7 heteroatoms. The molecule has 1 aromatic rings. The number of nitrogens with zero attached hydrogens (tertiary/aromatic N) is 1. The van der Waals surface area contributed by atoms with Gasteiger partial charge >= 0.3 is 12.1 Å². The average molecular weight is 279 g/mol. The number of aromatic carboxylic acids is 1. The highest BCUT2D eigenvalue weighted by Gasteiger charge is 2.41. The van der Waals surface area contributed by atoms with E-state index >= 15 is 0 Å². The summed E-state index contributed by atoms with van der Waals surface area (Å²) >= 11 is 1.09. The van der Waals surface area contributed by atoms with Crippen LogP contribution in [0.1, 0.15) is 22.5 Å². The van der Waals surface area contributed by atoms with Crippen molar-refractivity contribution in [2.24, 2.45) is 5.92 Å². The molecular weight excluding hydrogens is 267 g/mol. The first-order valence-electron chi connectivity index (χ1n) is 5.51. The molecule has 0 radical (unpaired) electrons. The normalized spacial score (nSPS) is 18.1. The second kappa shape index (κ2) is 4.79. The Morgan fingerprint density at radius 3 is 2.44 bits per heavy atom. The Bertz CT molecular complexity index is 436. The third kappa shape index (κ3) is 2.77. The largest absolute Gasteiger partial charge is 0.477 e. The van der Waals surface area contributed by atoms with Crippen molar-refractivity contribution < 1.29 is 23.1 Å². The predicted octanol–water partition coefficient (Wildman–Crippen LogP) is 3.23. The first-order valence-corrected chi connectivity index (χ1v) is 6.39. The number of alkyl halides is 3. The molecule has 1 N–H and O–H groups in total. The van der Waals surface area contributed by atoms with Crippen molar-refractivity contribution in [2.75, 3.05) is 18.0 Å². The van der Waals surface area contributed by atoms with Crippen molar-refractivity contribution in [1.29, 1.82) is 0 Å². The highest BCUT2D eigenvalue weighted by atomic mass is 32.1. The summed E-state index contributed by atoms with van der Waals surface area (Å²) in [5.41, 5.74) is 0.707. The summed E-state index contributed by atoms with van der Waals surface area (Å²) in [6, 6.07) is 1.51. The lowest BCUT2D eigenvalue weighted by Crippen LogP contribution is -2.38. The number of hydrogen-bond donors (Lipinski definition) is 1. The van der Waals surface area contributed by atoms with Gasteiger partial charge in [0.05, 0.1) is 5.92 Å². The standard InChI is InChI=1S/C11H12F3NO2S/c12-11(13,14)7-1-3-15(4-2-7)8-5-9(10(16)17)18-6-8/h5-7H,1-4H2,(H,16,17). The van der Waals surface area contributed by atoms with Crippen molar-refractivity contribution in [3.05, 3.63) is 16.3 Å². The first kappa shape index (κ1) is 13.2. The highest BCUT2D eigenvalue weighted by molar-refractivity contribution is 7.12. The number of rotatable bonds is 2. The van der Waals surface area contributed by atoms with Crippen LogP contribution in [-0.4, -0.2) is 30.3 Å². The van der Waals surface area contributed by atoms with Crippen LogP contribution < -0.4 is 4.90 Å². The zero-order valence-corrected chi connectivity index (χ0v) is 10.2. The van der Waals surface area contributed by atoms with Crippen LogP contribution in [0.15, 0.2) is 11.4 Å². The van der Waals surface area contributed by atoms with Gasteiger partial charge in [-0.25, -0.2) is 4.79 Å². The Kier molecular flexibility index (Phi) is 3.52. The van der Waals surface area contributed by atoms with Crippen LogP contribution in [0.4, 0.5) is 18.9 Å². The minimum absolute atomic E-state index is 0.0712. The molecule has 0 aromatic carbocycles. The van der Waals surface area contributed by atoms with E-state index in [0.29, 0.717) is 18.8 Å². The van der Waals surface area contributed by atoms with Gasteiger partial charge in [-0.15, -0.1) is 11.3 Å². The van der Waals surface area contributed by atoms with Gasteiger partial charge in [0, 0.05) is 24.2 Å². The van der Waals surface area contributed by atoms with E-state index in [0.717, 1.165) is 11.3 Å². The molecule has 1 aliphatic rings. The molecule has 0 atom stereocenters. The number of piperidine rings is 1. The number of carboxylic acids is 1. The summed E-state index contributed by atoms with van der Waals surface area (Å²) in [6.07, 6.45) is -3.98. The lowest BCUT2D eigenvalue weighted by Gasteiger charge is -2.33. The molecule has 1 aromatic heterocycles. The van der Waals surface area contributed by atoms with Gasteiger partial charge in [-0.3, -0.25) is 0 Å². The fourth-order valence-electron chi connectivity index (χ4n) is 2.07. The molecule has 0 aliphatic carbocycles. The Labute approximate surface area is 106 Å². The molecule has 0 bridgehead atoms. The van der Waals surface area contributed by atoms with Crippen molar-refractivity contribution in [2.45, 2.75) is 19.0 Å². The zero-order valence-electron chi connectivity index (χ0n) is 9.41. The summed E-state index contributed by atoms with van der Waals surface area (Å²) in [6.45, 7) is 0.639. The SMILES string of the molecule is O=C(O)c1cc(N2CCC(C(F)(F)F)CC2)cs1. The van der Waals surface area contributed by atoms with E-state index in [4.69, 9.17) is 5.11 Å². The third-order valence-electron chi connectivity index (χ3n) is 3.12. The Morgan fingerprint density at radius 1 is 1.39 bits per heavy atom. The molecule has 0 saturated carbocycles. The number of anilines is 1. The summed E-state index contributed by atoms with van der Waals surface area (Å²) in [5.74, 6) is -2.23. The monoisotopic (exact) mass is 279 g/mol. The molecule has 18 heavy (non-hydrogen) atoms. The summed E-state index contributed by atoms with van der Waals surface area (Å²) < 4.78 is 37.5. The van der Waals surface area contributed by atoms with E-state index in [1.807, 2.05) is 4.90 Å². The van der Waals surface area contributed by atoms with Gasteiger partial charge in [0.1, 0.15) is 4.88 Å². The van der Waals surface area contributed by atoms with E-state index in [1.54, 1.807) is 5.38 Å². The van der Waals surface area contributed by atoms with Gasteiger partial charge in [-0.1, -0.05) is 0 Å². The highest BCUT2D eigenvalue weighted by Crippen LogP contribution is 2.36. The number of thiophene rings is 1. The predicted molar refractivity (Wildman–Crippen MR) is 62.3 cm³/mol. The average Bonchev–Trinajstić information content (AvgIpc) is 2.77. The second-order valence-corrected chi connectivity index (χ2v) is 5.19. The second-order valence-electron chi connectivity index (χ2n) is 4.28. The van der Waals surface area contributed by atoms with E-state index in [-0.39, 0.29) is 17.7 Å². The van der Waals surface area contributed by atoms with Crippen molar-refractivity contribution in [3.63, 3.8) is 0 Å². The van der Waals surface area contributed by atoms with Crippen LogP contribution >= 0.6 is 11.3 Å². The fraction of sp³-hybridized carbons (Fsp3) is 0.545. The lowest BCUT2D eigenvalue weighted by molar-refractivity contribution is -0.179. The van der Waals surface area contributed by atoms with Crippen LogP contribution in [0.2, 0.25) is 0 Å². The minimum atomic E-state index is -4.12. The molecular formula is C11H12F3NO2S. The summed E-state index contributed by atoms with van der Waals surface area (Å²) in [7, 11) is 0. The van der Waals surface area contributed by atoms with Crippen LogP contribution in [0.3, 0.4) is 0 Å². The molecule has 0 spiro atoms. The van der Waals surface area contributed by atoms with Crippen LogP contribution in [-0.2, 0) is 0 Å². The van der Waals surface area contributed by atoms with Gasteiger partial charge in [0.25, 0.3) is 0 Å². The molecule has 1 fully saturated rings. The molecule has 0 unspecified atom stereocenters. The van der Waals surface area contributed by atoms with Crippen molar-refractivity contribution >= 4 is 23.0 Å². The van der Waals surface area contributed by atoms with Crippen molar-refractivity contribution in [3.8, 4) is 0 Å². The maximum Gasteiger partial charge on any atom is 0.391 e. The van der Waals surface area contributed by atoms with E-state index in [9.17, 15) is 18.0 Å². The Balaban J connectivity index is 1.99. The number of halogens is 3. The zero-order chi connectivity index (χ0) is 13.3. The first-order chi connectivity index (χ1) is 8.38. The van der Waals surface area contributed by atoms with Crippen LogP contribution in [0.5, 0.6) is 0 Å². The molecule has 100 valence electrons. The summed E-state index contributed by atoms with van der Waals surface area (Å²) in [4.78, 5) is 12.7. The Hall–Kier alpha value is -1.24. The minimum Gasteiger partial charge on any atom is -0.477 e. The molecule has 3 nitrogen and oxygen atoms in total. The van der Waals surface area contributed by atoms with Gasteiger partial charge in [-0.2, -0.15) is 13.2 Å². The van der Waals surface area contributed by atoms with Crippen LogP contribution in [0.25, 0.3) is 0 Å². The van der Waals surface area contributed by atoms with Gasteiger partial charge < -0.3 is 10.0 Å². The quantitative estimate of drug-likeness (QED) is 0.903. The molecule has 2 rings (SSSR count). The topological polar surface area (TPSA) is 40.5 Å². The number of hydrogen-bond acceptors (Lipinski definition) is 3. The maximum absolute atomic E-state index is 12.5. The van der Waals surface area contributed by atoms with E-state index in [1.165, 1.54) is 6.07 Å². The molecule has 1 saturated heterocycles. The molecule has 2 heterocycles. The van der Waals surface area contributed by atoms with Crippen LogP contribution in [0, 0.1) is 5.92 Å². The van der Waals surface area contributed by atoms with Gasteiger partial charge in [0.2, 0.25) is 0 Å². The smallest absolute Gasteiger partial charge is 0.391 e. The van der Waals surface area contributed by atoms with Gasteiger partial charge in [-0.05, 0) is 18.9 Å². The maximum atomic E-state index is 12.5. The molecule has 1 aliphatic heterocycles. The Morgan fingerprint density at radius 2 is 2.00 bits per heavy atom. The van der Waals surface area contributed by atoms with Crippen molar-refractivity contribution in [1.82, 2.24) is 0 Å². The molecule has 0 amide bonds. The van der Waals surface area contributed by atoms with E-state index in [2.05, 4.69) is 0 Å².